The molecule has 3 aromatic carbocycles. The van der Waals surface area contributed by atoms with Crippen LogP contribution in [0.4, 0.5) is 11.6 Å². The van der Waals surface area contributed by atoms with Crippen LogP contribution >= 0.6 is 43.5 Å². The molecule has 1 heterocycles. The Morgan fingerprint density at radius 2 is 1.40 bits per heavy atom. The molecule has 152 valence electrons. The van der Waals surface area contributed by atoms with Crippen molar-refractivity contribution in [2.45, 2.75) is 9.92 Å². The number of sulfone groups is 1. The van der Waals surface area contributed by atoms with Crippen LogP contribution in [0.25, 0.3) is 11.5 Å². The van der Waals surface area contributed by atoms with Crippen molar-refractivity contribution in [3.63, 3.8) is 0 Å². The molecule has 5 nitrogen and oxygen atoms in total. The quantitative estimate of drug-likeness (QED) is 0.278. The highest BCUT2D eigenvalue weighted by molar-refractivity contribution is 9.10. The van der Waals surface area contributed by atoms with Gasteiger partial charge >= 0.3 is 0 Å². The van der Waals surface area contributed by atoms with Crippen molar-refractivity contribution in [2.24, 2.45) is 0 Å². The van der Waals surface area contributed by atoms with Gasteiger partial charge in [0.25, 0.3) is 0 Å². The fraction of sp³-hybridized carbons (Fsp3) is 0. The number of nitrogens with one attached hydrogen (secondary N) is 1. The van der Waals surface area contributed by atoms with Crippen LogP contribution in [0.2, 0.25) is 5.02 Å². The topological polar surface area (TPSA) is 72.2 Å². The molecular formula is C21H13Br2ClN2O3S. The Bertz CT molecular complexity index is 1290. The van der Waals surface area contributed by atoms with Gasteiger partial charge in [-0.1, -0.05) is 43.5 Å². The lowest BCUT2D eigenvalue weighted by atomic mass is 10.2. The molecule has 0 saturated carbocycles. The highest BCUT2D eigenvalue weighted by Gasteiger charge is 2.28. The maximum Gasteiger partial charge on any atom is 0.238 e. The second kappa shape index (κ2) is 8.55. The molecule has 0 fully saturated rings. The van der Waals surface area contributed by atoms with Gasteiger partial charge in [0, 0.05) is 25.2 Å². The van der Waals surface area contributed by atoms with Gasteiger partial charge < -0.3 is 9.73 Å². The zero-order chi connectivity index (χ0) is 21.3. The lowest BCUT2D eigenvalue weighted by Gasteiger charge is -2.06. The molecule has 0 aliphatic rings. The SMILES string of the molecule is O=S(=O)(c1ccc(Br)cc1)c1nc(-c2ccc(Br)cc2)oc1Nc1ccc(Cl)cc1. The van der Waals surface area contributed by atoms with E-state index in [0.717, 1.165) is 8.95 Å². The average Bonchev–Trinajstić information content (AvgIpc) is 3.15. The molecule has 0 aliphatic carbocycles. The number of rotatable bonds is 5. The fourth-order valence-corrected chi connectivity index (χ4v) is 4.59. The van der Waals surface area contributed by atoms with Gasteiger partial charge in [0.1, 0.15) is 0 Å². The number of hydrogen-bond acceptors (Lipinski definition) is 5. The third-order valence-corrected chi connectivity index (χ3v) is 7.16. The minimum absolute atomic E-state index is 0.0261. The molecule has 0 unspecified atom stereocenters. The first-order chi connectivity index (χ1) is 14.3. The van der Waals surface area contributed by atoms with E-state index in [-0.39, 0.29) is 21.7 Å². The normalized spacial score (nSPS) is 11.4. The summed E-state index contributed by atoms with van der Waals surface area (Å²) in [6.45, 7) is 0. The standard InChI is InChI=1S/C21H13Br2ClN2O3S/c22-14-3-1-13(2-4-14)19-26-21(30(27,28)18-11-5-15(23)6-12-18)20(29-19)25-17-9-7-16(24)8-10-17/h1-12,25H. The van der Waals surface area contributed by atoms with E-state index in [4.69, 9.17) is 16.0 Å². The van der Waals surface area contributed by atoms with Crippen LogP contribution < -0.4 is 5.32 Å². The zero-order valence-corrected chi connectivity index (χ0v) is 19.9. The first-order valence-electron chi connectivity index (χ1n) is 8.63. The summed E-state index contributed by atoms with van der Waals surface area (Å²) in [5, 5.41) is 3.37. The first kappa shape index (κ1) is 21.1. The molecule has 4 aromatic rings. The second-order valence-corrected chi connectivity index (χ2v) is 10.4. The minimum atomic E-state index is -3.93. The van der Waals surface area contributed by atoms with E-state index in [1.54, 1.807) is 48.5 Å². The zero-order valence-electron chi connectivity index (χ0n) is 15.1. The maximum atomic E-state index is 13.3. The van der Waals surface area contributed by atoms with E-state index in [2.05, 4.69) is 42.2 Å². The predicted molar refractivity (Wildman–Crippen MR) is 124 cm³/mol. The molecule has 0 radical (unpaired) electrons. The molecule has 1 N–H and O–H groups in total. The lowest BCUT2D eigenvalue weighted by Crippen LogP contribution is -2.05. The number of aromatic nitrogens is 1. The third-order valence-electron chi connectivity index (χ3n) is 4.17. The van der Waals surface area contributed by atoms with Crippen LogP contribution in [0.3, 0.4) is 0 Å². The Morgan fingerprint density at radius 3 is 2.00 bits per heavy atom. The monoisotopic (exact) mass is 566 g/mol. The summed E-state index contributed by atoms with van der Waals surface area (Å²) < 4.78 is 34.1. The average molecular weight is 569 g/mol. The summed E-state index contributed by atoms with van der Waals surface area (Å²) in [5.41, 5.74) is 1.26. The molecule has 9 heteroatoms. The number of anilines is 2. The third kappa shape index (κ3) is 4.46. The van der Waals surface area contributed by atoms with Crippen molar-refractivity contribution >= 4 is 64.9 Å². The number of nitrogens with zero attached hydrogens (tertiary/aromatic N) is 1. The van der Waals surface area contributed by atoms with Gasteiger partial charge in [-0.3, -0.25) is 0 Å². The molecule has 4 rings (SSSR count). The van der Waals surface area contributed by atoms with Crippen LogP contribution in [-0.4, -0.2) is 13.4 Å². The lowest BCUT2D eigenvalue weighted by molar-refractivity contribution is 0.582. The van der Waals surface area contributed by atoms with Gasteiger partial charge in [-0.15, -0.1) is 0 Å². The Morgan fingerprint density at radius 1 is 0.833 bits per heavy atom. The van der Waals surface area contributed by atoms with Gasteiger partial charge in [0.05, 0.1) is 4.90 Å². The van der Waals surface area contributed by atoms with Gasteiger partial charge in [-0.05, 0) is 72.8 Å². The fourth-order valence-electron chi connectivity index (χ4n) is 2.67. The molecule has 0 atom stereocenters. The molecule has 0 aliphatic heterocycles. The minimum Gasteiger partial charge on any atom is -0.419 e. The smallest absolute Gasteiger partial charge is 0.238 e. The van der Waals surface area contributed by atoms with Gasteiger partial charge in [0.2, 0.25) is 26.6 Å². The van der Waals surface area contributed by atoms with Crippen molar-refractivity contribution in [3.05, 3.63) is 86.8 Å². The Labute approximate surface area is 195 Å². The van der Waals surface area contributed by atoms with E-state index in [1.807, 2.05) is 12.1 Å². The molecule has 0 bridgehead atoms. The van der Waals surface area contributed by atoms with Crippen LogP contribution in [0.5, 0.6) is 0 Å². The van der Waals surface area contributed by atoms with Gasteiger partial charge in [-0.2, -0.15) is 4.98 Å². The van der Waals surface area contributed by atoms with Gasteiger partial charge in [-0.25, -0.2) is 8.42 Å². The van der Waals surface area contributed by atoms with E-state index in [0.29, 0.717) is 16.3 Å². The van der Waals surface area contributed by atoms with Crippen molar-refractivity contribution in [1.29, 1.82) is 0 Å². The summed E-state index contributed by atoms with van der Waals surface area (Å²) in [4.78, 5) is 4.44. The van der Waals surface area contributed by atoms with E-state index < -0.39 is 9.84 Å². The molecule has 1 aromatic heterocycles. The summed E-state index contributed by atoms with van der Waals surface area (Å²) in [5.74, 6) is 0.216. The maximum absolute atomic E-state index is 13.3. The molecule has 0 amide bonds. The number of hydrogen-bond donors (Lipinski definition) is 1. The Hall–Kier alpha value is -2.13. The summed E-state index contributed by atoms with van der Waals surface area (Å²) in [6.07, 6.45) is 0. The van der Waals surface area contributed by atoms with Crippen LogP contribution in [0.1, 0.15) is 0 Å². The van der Waals surface area contributed by atoms with Crippen molar-refractivity contribution in [2.75, 3.05) is 5.32 Å². The predicted octanol–water partition coefficient (Wildman–Crippen LogP) is 7.10. The highest BCUT2D eigenvalue weighted by Crippen LogP contribution is 2.35. The van der Waals surface area contributed by atoms with E-state index in [1.165, 1.54) is 12.1 Å². The van der Waals surface area contributed by atoms with E-state index >= 15 is 0 Å². The van der Waals surface area contributed by atoms with Gasteiger partial charge in [0.15, 0.2) is 0 Å². The molecule has 30 heavy (non-hydrogen) atoms. The molecular weight excluding hydrogens is 556 g/mol. The van der Waals surface area contributed by atoms with Crippen LogP contribution in [0.15, 0.2) is 96.1 Å². The van der Waals surface area contributed by atoms with Crippen molar-refractivity contribution in [1.82, 2.24) is 4.98 Å². The second-order valence-electron chi connectivity index (χ2n) is 6.25. The largest absolute Gasteiger partial charge is 0.419 e. The number of halogens is 3. The summed E-state index contributed by atoms with van der Waals surface area (Å²) in [6, 6.07) is 20.4. The molecule has 0 spiro atoms. The van der Waals surface area contributed by atoms with E-state index in [9.17, 15) is 8.42 Å². The van der Waals surface area contributed by atoms with Crippen LogP contribution in [-0.2, 0) is 9.84 Å². The number of benzene rings is 3. The first-order valence-corrected chi connectivity index (χ1v) is 12.1. The number of oxazole rings is 1. The Balaban J connectivity index is 1.83. The Kier molecular flexibility index (Phi) is 6.02. The van der Waals surface area contributed by atoms with Crippen molar-refractivity contribution in [3.8, 4) is 11.5 Å². The summed E-state index contributed by atoms with van der Waals surface area (Å²) >= 11 is 12.6. The van der Waals surface area contributed by atoms with Crippen molar-refractivity contribution < 1.29 is 12.8 Å². The highest BCUT2D eigenvalue weighted by atomic mass is 79.9. The van der Waals surface area contributed by atoms with Crippen LogP contribution in [0, 0.1) is 0 Å². The summed E-state index contributed by atoms with van der Waals surface area (Å²) in [7, 11) is -3.93. The molecule has 0 saturated heterocycles.